The molecule has 4 aromatic carbocycles. The van der Waals surface area contributed by atoms with Gasteiger partial charge in [0.2, 0.25) is 5.89 Å². The van der Waals surface area contributed by atoms with E-state index in [1.165, 1.54) is 48.5 Å². The SMILES string of the molecule is Cc1ccc(S(=O)(=O)C(c2ccccc2)c2nc(-c3cccc(F)c3)oc2COC(=O)c2cccc(F)c2)cc1. The lowest BCUT2D eigenvalue weighted by Crippen LogP contribution is -2.18. The molecule has 0 spiro atoms. The Hall–Kier alpha value is -4.63. The number of benzene rings is 4. The molecule has 0 radical (unpaired) electrons. The minimum absolute atomic E-state index is 0.0157. The molecule has 9 heteroatoms. The van der Waals surface area contributed by atoms with E-state index in [2.05, 4.69) is 4.98 Å². The van der Waals surface area contributed by atoms with E-state index in [-0.39, 0.29) is 33.4 Å². The molecule has 0 aliphatic rings. The first-order valence-electron chi connectivity index (χ1n) is 12.3. The van der Waals surface area contributed by atoms with E-state index in [1.807, 2.05) is 6.92 Å². The predicted molar refractivity (Wildman–Crippen MR) is 144 cm³/mol. The van der Waals surface area contributed by atoms with Crippen molar-refractivity contribution in [2.45, 2.75) is 23.7 Å². The summed E-state index contributed by atoms with van der Waals surface area (Å²) in [4.78, 5) is 17.2. The van der Waals surface area contributed by atoms with Gasteiger partial charge in [0.15, 0.2) is 22.2 Å². The van der Waals surface area contributed by atoms with Crippen LogP contribution in [-0.4, -0.2) is 19.4 Å². The number of carbonyl (C=O) groups is 1. The van der Waals surface area contributed by atoms with Crippen LogP contribution in [0.25, 0.3) is 11.5 Å². The van der Waals surface area contributed by atoms with Crippen molar-refractivity contribution in [2.24, 2.45) is 0 Å². The topological polar surface area (TPSA) is 86.5 Å². The maximum atomic E-state index is 14.1. The van der Waals surface area contributed by atoms with Crippen molar-refractivity contribution in [2.75, 3.05) is 0 Å². The molecule has 5 rings (SSSR count). The number of hydrogen-bond acceptors (Lipinski definition) is 6. The number of sulfone groups is 1. The zero-order chi connectivity index (χ0) is 28.3. The van der Waals surface area contributed by atoms with Gasteiger partial charge in [0.05, 0.1) is 10.5 Å². The fourth-order valence-electron chi connectivity index (χ4n) is 4.22. The lowest BCUT2D eigenvalue weighted by atomic mass is 10.1. The number of oxazole rings is 1. The van der Waals surface area contributed by atoms with Gasteiger partial charge in [0, 0.05) is 5.56 Å². The first kappa shape index (κ1) is 27.0. The molecule has 0 N–H and O–H groups in total. The van der Waals surface area contributed by atoms with Crippen LogP contribution in [0.3, 0.4) is 0 Å². The number of halogens is 2. The minimum atomic E-state index is -4.11. The Morgan fingerprint density at radius 3 is 2.23 bits per heavy atom. The third kappa shape index (κ3) is 5.69. The molecule has 0 saturated carbocycles. The Labute approximate surface area is 229 Å². The Kier molecular flexibility index (Phi) is 7.57. The minimum Gasteiger partial charge on any atom is -0.454 e. The van der Waals surface area contributed by atoms with E-state index < -0.39 is 39.3 Å². The second-order valence-corrected chi connectivity index (χ2v) is 11.1. The van der Waals surface area contributed by atoms with Gasteiger partial charge < -0.3 is 9.15 Å². The molecule has 0 aliphatic carbocycles. The van der Waals surface area contributed by atoms with E-state index in [0.717, 1.165) is 11.6 Å². The first-order chi connectivity index (χ1) is 19.2. The lowest BCUT2D eigenvalue weighted by molar-refractivity contribution is 0.0444. The van der Waals surface area contributed by atoms with E-state index in [9.17, 15) is 22.0 Å². The summed E-state index contributed by atoms with van der Waals surface area (Å²) in [5.74, 6) is -2.09. The summed E-state index contributed by atoms with van der Waals surface area (Å²) in [7, 11) is -4.11. The van der Waals surface area contributed by atoms with Crippen LogP contribution in [0.1, 0.15) is 38.2 Å². The third-order valence-corrected chi connectivity index (χ3v) is 8.25. The molecule has 5 aromatic rings. The molecule has 0 fully saturated rings. The molecular weight excluding hydrogens is 536 g/mol. The van der Waals surface area contributed by atoms with E-state index >= 15 is 0 Å². The second kappa shape index (κ2) is 11.2. The number of aryl methyl sites for hydroxylation is 1. The molecule has 0 aliphatic heterocycles. The highest BCUT2D eigenvalue weighted by Gasteiger charge is 2.36. The van der Waals surface area contributed by atoms with E-state index in [1.54, 1.807) is 48.5 Å². The third-order valence-electron chi connectivity index (χ3n) is 6.20. The van der Waals surface area contributed by atoms with Gasteiger partial charge in [-0.1, -0.05) is 60.2 Å². The van der Waals surface area contributed by atoms with Crippen LogP contribution in [0.4, 0.5) is 8.78 Å². The highest BCUT2D eigenvalue weighted by Crippen LogP contribution is 2.38. The Balaban J connectivity index is 1.63. The van der Waals surface area contributed by atoms with Crippen LogP contribution in [0.5, 0.6) is 0 Å². The molecule has 40 heavy (non-hydrogen) atoms. The molecule has 1 unspecified atom stereocenters. The van der Waals surface area contributed by atoms with Gasteiger partial charge in [0.1, 0.15) is 22.6 Å². The molecule has 1 atom stereocenters. The van der Waals surface area contributed by atoms with Gasteiger partial charge >= 0.3 is 5.97 Å². The number of carbonyl (C=O) groups excluding carboxylic acids is 1. The maximum Gasteiger partial charge on any atom is 0.338 e. The van der Waals surface area contributed by atoms with Crippen molar-refractivity contribution >= 4 is 15.8 Å². The van der Waals surface area contributed by atoms with Crippen LogP contribution >= 0.6 is 0 Å². The fourth-order valence-corrected chi connectivity index (χ4v) is 6.00. The summed E-state index contributed by atoms with van der Waals surface area (Å²) in [6.45, 7) is 1.35. The first-order valence-corrected chi connectivity index (χ1v) is 13.8. The number of ether oxygens (including phenoxy) is 1. The summed E-state index contributed by atoms with van der Waals surface area (Å²) in [6.07, 6.45) is 0. The Bertz CT molecular complexity index is 1770. The van der Waals surface area contributed by atoms with E-state index in [0.29, 0.717) is 5.56 Å². The van der Waals surface area contributed by atoms with Crippen LogP contribution in [0.15, 0.2) is 112 Å². The number of nitrogens with zero attached hydrogens (tertiary/aromatic N) is 1. The van der Waals surface area contributed by atoms with Crippen molar-refractivity contribution in [3.63, 3.8) is 0 Å². The van der Waals surface area contributed by atoms with Crippen LogP contribution in [0.2, 0.25) is 0 Å². The number of aromatic nitrogens is 1. The van der Waals surface area contributed by atoms with Crippen molar-refractivity contribution in [1.82, 2.24) is 4.98 Å². The summed E-state index contributed by atoms with van der Waals surface area (Å²) < 4.78 is 67.2. The summed E-state index contributed by atoms with van der Waals surface area (Å²) in [5, 5.41) is -1.34. The molecule has 6 nitrogen and oxygen atoms in total. The van der Waals surface area contributed by atoms with E-state index in [4.69, 9.17) is 9.15 Å². The number of hydrogen-bond donors (Lipinski definition) is 0. The molecule has 202 valence electrons. The quantitative estimate of drug-likeness (QED) is 0.193. The smallest absolute Gasteiger partial charge is 0.338 e. The summed E-state index contributed by atoms with van der Waals surface area (Å²) in [6, 6.07) is 25.3. The van der Waals surface area contributed by atoms with Crippen molar-refractivity contribution in [3.05, 3.63) is 143 Å². The molecule has 0 bridgehead atoms. The summed E-state index contributed by atoms with van der Waals surface area (Å²) in [5.41, 5.74) is 1.51. The zero-order valence-corrected chi connectivity index (χ0v) is 22.1. The molecule has 0 amide bonds. The van der Waals surface area contributed by atoms with Crippen LogP contribution in [-0.2, 0) is 21.2 Å². The average Bonchev–Trinajstić information content (AvgIpc) is 3.36. The second-order valence-electron chi connectivity index (χ2n) is 9.07. The normalized spacial score (nSPS) is 12.2. The van der Waals surface area contributed by atoms with Gasteiger partial charge in [-0.25, -0.2) is 27.0 Å². The van der Waals surface area contributed by atoms with Crippen molar-refractivity contribution in [1.29, 1.82) is 0 Å². The lowest BCUT2D eigenvalue weighted by Gasteiger charge is -2.18. The van der Waals surface area contributed by atoms with Crippen molar-refractivity contribution in [3.8, 4) is 11.5 Å². The highest BCUT2D eigenvalue weighted by molar-refractivity contribution is 7.91. The molecule has 1 aromatic heterocycles. The monoisotopic (exact) mass is 559 g/mol. The highest BCUT2D eigenvalue weighted by atomic mass is 32.2. The molecule has 0 saturated heterocycles. The van der Waals surface area contributed by atoms with Gasteiger partial charge in [-0.3, -0.25) is 0 Å². The van der Waals surface area contributed by atoms with Gasteiger partial charge in [-0.2, -0.15) is 0 Å². The zero-order valence-electron chi connectivity index (χ0n) is 21.3. The Morgan fingerprint density at radius 2 is 1.55 bits per heavy atom. The fraction of sp³-hybridized carbons (Fsp3) is 0.0968. The summed E-state index contributed by atoms with van der Waals surface area (Å²) >= 11 is 0. The maximum absolute atomic E-state index is 14.1. The predicted octanol–water partition coefficient (Wildman–Crippen LogP) is 6.85. The van der Waals surface area contributed by atoms with Crippen LogP contribution in [0, 0.1) is 18.6 Å². The van der Waals surface area contributed by atoms with Gasteiger partial charge in [0.25, 0.3) is 0 Å². The molecular formula is C31H23F2NO5S. The van der Waals surface area contributed by atoms with Gasteiger partial charge in [-0.15, -0.1) is 0 Å². The number of rotatable bonds is 8. The van der Waals surface area contributed by atoms with Crippen molar-refractivity contribution < 1.29 is 31.1 Å². The molecule has 1 heterocycles. The largest absolute Gasteiger partial charge is 0.454 e. The standard InChI is InChI=1S/C31H23F2NO5S/c1-20-13-15-26(16-14-20)40(36,37)29(21-7-3-2-4-8-21)28-27(19-38-31(35)23-10-6-12-25(33)18-23)39-30(34-28)22-9-5-11-24(32)17-22/h2-18,29H,19H2,1H3. The Morgan fingerprint density at radius 1 is 0.875 bits per heavy atom. The average molecular weight is 560 g/mol. The van der Waals surface area contributed by atoms with Crippen LogP contribution < -0.4 is 0 Å². The number of esters is 1. The van der Waals surface area contributed by atoms with Gasteiger partial charge in [-0.05, 0) is 61.0 Å².